The zero-order valence-corrected chi connectivity index (χ0v) is 10.6. The predicted molar refractivity (Wildman–Crippen MR) is 68.2 cm³/mol. The van der Waals surface area contributed by atoms with E-state index in [1.807, 2.05) is 24.6 Å². The van der Waals surface area contributed by atoms with Crippen LogP contribution in [0, 0.1) is 6.92 Å². The lowest BCUT2D eigenvalue weighted by Crippen LogP contribution is -2.25. The highest BCUT2D eigenvalue weighted by Crippen LogP contribution is 2.27. The van der Waals surface area contributed by atoms with Crippen molar-refractivity contribution in [2.45, 2.75) is 20.3 Å². The molecule has 0 atom stereocenters. The molecule has 0 radical (unpaired) electrons. The van der Waals surface area contributed by atoms with Gasteiger partial charge in [0.2, 0.25) is 0 Å². The number of nitrogens with one attached hydrogen (secondary N) is 1. The Morgan fingerprint density at radius 2 is 2.25 bits per heavy atom. The fraction of sp³-hybridized carbons (Fsp3) is 0.417. The third-order valence-corrected chi connectivity index (χ3v) is 3.61. The maximum absolute atomic E-state index is 11.8. The topological polar surface area (TPSA) is 34.0 Å². The minimum absolute atomic E-state index is 0.0189. The maximum Gasteiger partial charge on any atom is 0.267 e. The molecule has 0 saturated carbocycles. The van der Waals surface area contributed by atoms with Crippen LogP contribution in [0.1, 0.15) is 28.7 Å². The van der Waals surface area contributed by atoms with Gasteiger partial charge in [0.05, 0.1) is 10.2 Å². The van der Waals surface area contributed by atoms with Crippen LogP contribution in [0.4, 0.5) is 0 Å². The van der Waals surface area contributed by atoms with E-state index in [-0.39, 0.29) is 5.91 Å². The van der Waals surface area contributed by atoms with E-state index in [1.165, 1.54) is 9.58 Å². The van der Waals surface area contributed by atoms with Crippen LogP contribution >= 0.6 is 11.3 Å². The first kappa shape index (κ1) is 11.2. The molecule has 2 heterocycles. The quantitative estimate of drug-likeness (QED) is 0.873. The average molecular weight is 236 g/mol. The molecular formula is C12H16N2OS. The third kappa shape index (κ3) is 1.85. The molecule has 0 aromatic carbocycles. The molecule has 0 bridgehead atoms. The van der Waals surface area contributed by atoms with E-state index in [9.17, 15) is 4.79 Å². The van der Waals surface area contributed by atoms with Crippen molar-refractivity contribution in [2.75, 3.05) is 6.54 Å². The van der Waals surface area contributed by atoms with Crippen LogP contribution in [0.15, 0.2) is 12.1 Å². The van der Waals surface area contributed by atoms with Crippen LogP contribution in [0.3, 0.4) is 0 Å². The summed E-state index contributed by atoms with van der Waals surface area (Å²) in [7, 11) is 1.94. The molecule has 0 fully saturated rings. The number of carbonyl (C=O) groups excluding carboxylic acids is 1. The number of rotatable bonds is 3. The Bertz CT molecular complexity index is 524. The first-order valence-corrected chi connectivity index (χ1v) is 6.29. The molecule has 2 rings (SSSR count). The van der Waals surface area contributed by atoms with Crippen molar-refractivity contribution in [1.82, 2.24) is 9.88 Å². The van der Waals surface area contributed by atoms with Gasteiger partial charge in [-0.15, -0.1) is 11.3 Å². The van der Waals surface area contributed by atoms with Gasteiger partial charge in [-0.1, -0.05) is 6.92 Å². The lowest BCUT2D eigenvalue weighted by Gasteiger charge is -2.04. The molecule has 0 saturated heterocycles. The first-order valence-electron chi connectivity index (χ1n) is 5.47. The van der Waals surface area contributed by atoms with E-state index in [1.54, 1.807) is 11.3 Å². The normalized spacial score (nSPS) is 10.9. The summed E-state index contributed by atoms with van der Waals surface area (Å²) in [4.78, 5) is 13.1. The maximum atomic E-state index is 11.8. The van der Waals surface area contributed by atoms with E-state index in [0.717, 1.165) is 24.2 Å². The highest BCUT2D eigenvalue weighted by Gasteiger charge is 2.13. The zero-order chi connectivity index (χ0) is 11.7. The third-order valence-electron chi connectivity index (χ3n) is 2.62. The van der Waals surface area contributed by atoms with Gasteiger partial charge in [-0.3, -0.25) is 4.79 Å². The average Bonchev–Trinajstić information content (AvgIpc) is 2.74. The molecule has 4 heteroatoms. The summed E-state index contributed by atoms with van der Waals surface area (Å²) in [6, 6.07) is 4.09. The van der Waals surface area contributed by atoms with Crippen molar-refractivity contribution in [3.8, 4) is 0 Å². The van der Waals surface area contributed by atoms with Gasteiger partial charge < -0.3 is 9.88 Å². The lowest BCUT2D eigenvalue weighted by atomic mass is 10.4. The van der Waals surface area contributed by atoms with E-state index in [0.29, 0.717) is 0 Å². The van der Waals surface area contributed by atoms with Gasteiger partial charge in [0.1, 0.15) is 5.69 Å². The molecule has 2 aromatic heterocycles. The number of aromatic nitrogens is 1. The number of amides is 1. The molecular weight excluding hydrogens is 220 g/mol. The summed E-state index contributed by atoms with van der Waals surface area (Å²) in [5.74, 6) is 0.0189. The first-order chi connectivity index (χ1) is 7.63. The fourth-order valence-electron chi connectivity index (χ4n) is 1.78. The largest absolute Gasteiger partial charge is 0.351 e. The van der Waals surface area contributed by atoms with Gasteiger partial charge in [0, 0.05) is 18.5 Å². The summed E-state index contributed by atoms with van der Waals surface area (Å²) in [6.45, 7) is 4.87. The van der Waals surface area contributed by atoms with Gasteiger partial charge in [-0.25, -0.2) is 0 Å². The van der Waals surface area contributed by atoms with Crippen LogP contribution < -0.4 is 5.32 Å². The Balaban J connectivity index is 2.34. The van der Waals surface area contributed by atoms with E-state index in [4.69, 9.17) is 0 Å². The number of aryl methyl sites for hydroxylation is 2. The number of nitrogens with zero attached hydrogens (tertiary/aromatic N) is 1. The van der Waals surface area contributed by atoms with Gasteiger partial charge in [0.15, 0.2) is 0 Å². The standard InChI is InChI=1S/C12H16N2OS/c1-4-5-13-12(15)10-7-11-9(14(10)3)6-8(2)16-11/h6-7H,4-5H2,1-3H3,(H,13,15). The lowest BCUT2D eigenvalue weighted by molar-refractivity contribution is 0.0946. The van der Waals surface area contributed by atoms with Crippen molar-refractivity contribution in [2.24, 2.45) is 7.05 Å². The second-order valence-corrected chi connectivity index (χ2v) is 5.24. The summed E-state index contributed by atoms with van der Waals surface area (Å²) < 4.78 is 3.14. The Kier molecular flexibility index (Phi) is 3.01. The minimum atomic E-state index is 0.0189. The molecule has 1 N–H and O–H groups in total. The van der Waals surface area contributed by atoms with Crippen molar-refractivity contribution in [3.05, 3.63) is 22.7 Å². The molecule has 0 aliphatic carbocycles. The number of hydrogen-bond donors (Lipinski definition) is 1. The predicted octanol–water partition coefficient (Wildman–Crippen LogP) is 2.69. The highest BCUT2D eigenvalue weighted by molar-refractivity contribution is 7.19. The summed E-state index contributed by atoms with van der Waals surface area (Å²) in [5, 5.41) is 2.90. The Hall–Kier alpha value is -1.29. The SMILES string of the molecule is CCCNC(=O)c1cc2sc(C)cc2n1C. The van der Waals surface area contributed by atoms with Crippen LogP contribution in [-0.2, 0) is 7.05 Å². The van der Waals surface area contributed by atoms with Crippen molar-refractivity contribution in [1.29, 1.82) is 0 Å². The molecule has 0 aliphatic heterocycles. The van der Waals surface area contributed by atoms with Gasteiger partial charge in [0.25, 0.3) is 5.91 Å². The molecule has 0 aliphatic rings. The van der Waals surface area contributed by atoms with Crippen LogP contribution in [0.5, 0.6) is 0 Å². The summed E-state index contributed by atoms with van der Waals surface area (Å²) in [5.41, 5.74) is 1.89. The van der Waals surface area contributed by atoms with Crippen molar-refractivity contribution >= 4 is 27.5 Å². The highest BCUT2D eigenvalue weighted by atomic mass is 32.1. The number of thiophene rings is 1. The molecule has 16 heavy (non-hydrogen) atoms. The molecule has 1 amide bonds. The molecule has 3 nitrogen and oxygen atoms in total. The Morgan fingerprint density at radius 3 is 2.88 bits per heavy atom. The number of fused-ring (bicyclic) bond motifs is 1. The smallest absolute Gasteiger partial charge is 0.267 e. The van der Waals surface area contributed by atoms with Gasteiger partial charge in [-0.2, -0.15) is 0 Å². The molecule has 2 aromatic rings. The fourth-order valence-corrected chi connectivity index (χ4v) is 2.77. The number of carbonyl (C=O) groups is 1. The van der Waals surface area contributed by atoms with Gasteiger partial charge in [-0.05, 0) is 25.5 Å². The second kappa shape index (κ2) is 4.29. The van der Waals surface area contributed by atoms with Crippen molar-refractivity contribution in [3.63, 3.8) is 0 Å². The Morgan fingerprint density at radius 1 is 1.50 bits per heavy atom. The van der Waals surface area contributed by atoms with E-state index < -0.39 is 0 Å². The number of hydrogen-bond acceptors (Lipinski definition) is 2. The molecule has 0 unspecified atom stereocenters. The zero-order valence-electron chi connectivity index (χ0n) is 9.83. The van der Waals surface area contributed by atoms with E-state index >= 15 is 0 Å². The van der Waals surface area contributed by atoms with Crippen LogP contribution in [-0.4, -0.2) is 17.0 Å². The van der Waals surface area contributed by atoms with Crippen LogP contribution in [0.25, 0.3) is 10.2 Å². The summed E-state index contributed by atoms with van der Waals surface area (Å²) >= 11 is 1.73. The van der Waals surface area contributed by atoms with Crippen molar-refractivity contribution < 1.29 is 4.79 Å². The van der Waals surface area contributed by atoms with Crippen LogP contribution in [0.2, 0.25) is 0 Å². The second-order valence-electron chi connectivity index (χ2n) is 3.95. The Labute approximate surface area is 99.1 Å². The minimum Gasteiger partial charge on any atom is -0.351 e. The van der Waals surface area contributed by atoms with E-state index in [2.05, 4.69) is 18.3 Å². The molecule has 86 valence electrons. The summed E-state index contributed by atoms with van der Waals surface area (Å²) in [6.07, 6.45) is 0.962. The molecule has 0 spiro atoms. The monoisotopic (exact) mass is 236 g/mol. The van der Waals surface area contributed by atoms with Gasteiger partial charge >= 0.3 is 0 Å².